The predicted molar refractivity (Wildman–Crippen MR) is 107 cm³/mol. The zero-order chi connectivity index (χ0) is 20.3. The quantitative estimate of drug-likeness (QED) is 0.654. The van der Waals surface area contributed by atoms with E-state index in [0.29, 0.717) is 30.6 Å². The Hall–Kier alpha value is -1.45. The summed E-state index contributed by atoms with van der Waals surface area (Å²) in [6.45, 7) is 7.60. The van der Waals surface area contributed by atoms with Gasteiger partial charge in [0.2, 0.25) is 0 Å². The number of carbonyl (C=O) groups excluding carboxylic acids is 3. The molecule has 6 atom stereocenters. The average Bonchev–Trinajstić information content (AvgIpc) is 2.98. The van der Waals surface area contributed by atoms with Gasteiger partial charge in [0.1, 0.15) is 0 Å². The van der Waals surface area contributed by atoms with E-state index in [1.807, 2.05) is 6.08 Å². The summed E-state index contributed by atoms with van der Waals surface area (Å²) >= 11 is 0. The third-order valence-electron chi connectivity index (χ3n) is 9.30. The van der Waals surface area contributed by atoms with Gasteiger partial charge < -0.3 is 4.74 Å². The number of carbonyl (C=O) groups is 3. The lowest BCUT2D eigenvalue weighted by Crippen LogP contribution is -2.59. The van der Waals surface area contributed by atoms with Gasteiger partial charge in [-0.05, 0) is 87.5 Å². The molecule has 0 unspecified atom stereocenters. The minimum atomic E-state index is -0.942. The van der Waals surface area contributed by atoms with Crippen LogP contribution in [0.3, 0.4) is 0 Å². The zero-order valence-electron chi connectivity index (χ0n) is 17.8. The van der Waals surface area contributed by atoms with Crippen LogP contribution in [0.1, 0.15) is 85.5 Å². The van der Waals surface area contributed by atoms with E-state index in [-0.39, 0.29) is 28.4 Å². The Bertz CT molecular complexity index is 752. The molecule has 0 aromatic heterocycles. The predicted octanol–water partition coefficient (Wildman–Crippen LogP) is 4.80. The molecule has 4 nitrogen and oxygen atoms in total. The second-order valence-electron chi connectivity index (χ2n) is 10.0. The largest absolute Gasteiger partial charge is 0.451 e. The molecular formula is C24H34O4. The number of hydrogen-bond donors (Lipinski definition) is 0. The highest BCUT2D eigenvalue weighted by Crippen LogP contribution is 2.69. The van der Waals surface area contributed by atoms with Crippen LogP contribution in [0.5, 0.6) is 0 Å². The van der Waals surface area contributed by atoms with Crippen molar-refractivity contribution in [2.75, 3.05) is 0 Å². The summed E-state index contributed by atoms with van der Waals surface area (Å²) in [5.41, 5.74) is 0.320. The Morgan fingerprint density at radius 1 is 1.07 bits per heavy atom. The van der Waals surface area contributed by atoms with Gasteiger partial charge in [0, 0.05) is 18.8 Å². The van der Waals surface area contributed by atoms with Gasteiger partial charge in [-0.3, -0.25) is 14.4 Å². The molecule has 4 aliphatic carbocycles. The Morgan fingerprint density at radius 3 is 2.43 bits per heavy atom. The minimum Gasteiger partial charge on any atom is -0.451 e. The second-order valence-corrected chi connectivity index (χ2v) is 10.0. The van der Waals surface area contributed by atoms with Crippen molar-refractivity contribution in [3.05, 3.63) is 11.6 Å². The lowest BCUT2D eigenvalue weighted by Gasteiger charge is -2.60. The van der Waals surface area contributed by atoms with Crippen LogP contribution in [0.4, 0.5) is 0 Å². The first-order valence-corrected chi connectivity index (χ1v) is 11.1. The number of fused-ring (bicyclic) bond motifs is 5. The topological polar surface area (TPSA) is 60.4 Å². The summed E-state index contributed by atoms with van der Waals surface area (Å²) in [5, 5.41) is 0. The molecule has 0 bridgehead atoms. The Kier molecular flexibility index (Phi) is 4.63. The molecule has 0 aromatic rings. The fraction of sp³-hybridized carbons (Fsp3) is 0.792. The molecule has 0 spiro atoms. The average molecular weight is 387 g/mol. The first-order valence-electron chi connectivity index (χ1n) is 11.1. The maximum absolute atomic E-state index is 12.9. The van der Waals surface area contributed by atoms with Crippen molar-refractivity contribution in [3.63, 3.8) is 0 Å². The lowest BCUT2D eigenvalue weighted by molar-refractivity contribution is -0.190. The maximum Gasteiger partial charge on any atom is 0.303 e. The summed E-state index contributed by atoms with van der Waals surface area (Å²) in [7, 11) is 0. The molecular weight excluding hydrogens is 352 g/mol. The van der Waals surface area contributed by atoms with Gasteiger partial charge in [0.25, 0.3) is 0 Å². The third-order valence-corrected chi connectivity index (χ3v) is 9.30. The van der Waals surface area contributed by atoms with E-state index in [4.69, 9.17) is 4.74 Å². The zero-order valence-corrected chi connectivity index (χ0v) is 17.8. The smallest absolute Gasteiger partial charge is 0.303 e. The third kappa shape index (κ3) is 2.45. The van der Waals surface area contributed by atoms with Crippen LogP contribution in [-0.4, -0.2) is 23.1 Å². The molecule has 4 aliphatic rings. The van der Waals surface area contributed by atoms with E-state index in [1.165, 1.54) is 12.5 Å². The SMILES string of the molecule is CC[C@]12CC[C@H]3[C@@H](CCC4=CC(=O)CC[C@@]43C)[C@@H]1CC[C@]2(OC(C)=O)C(C)=O. The highest BCUT2D eigenvalue weighted by molar-refractivity contribution is 5.91. The van der Waals surface area contributed by atoms with Gasteiger partial charge >= 0.3 is 5.97 Å². The minimum absolute atomic E-state index is 0.0244. The van der Waals surface area contributed by atoms with Crippen molar-refractivity contribution < 1.29 is 19.1 Å². The Morgan fingerprint density at radius 2 is 1.79 bits per heavy atom. The normalized spacial score (nSPS) is 44.8. The number of Topliss-reactive ketones (excluding diaryl/α,β-unsaturated/α-hetero) is 1. The number of rotatable bonds is 3. The first kappa shape index (κ1) is 19.8. The molecule has 0 heterocycles. The summed E-state index contributed by atoms with van der Waals surface area (Å²) in [6.07, 6.45) is 10.2. The monoisotopic (exact) mass is 386 g/mol. The van der Waals surface area contributed by atoms with Crippen LogP contribution < -0.4 is 0 Å². The molecule has 0 saturated heterocycles. The summed E-state index contributed by atoms with van der Waals surface area (Å²) < 4.78 is 5.91. The second kappa shape index (κ2) is 6.53. The van der Waals surface area contributed by atoms with Crippen molar-refractivity contribution >= 4 is 17.5 Å². The standard InChI is InChI=1S/C24H34O4/c1-5-23-12-9-20-19(7-6-17-14-18(27)8-11-22(17,20)4)21(23)10-13-24(23,15(2)25)28-16(3)26/h14,19-21H,5-13H2,1-4H3/t19-,20+,21+,22+,23+,24+/m1/s1. The van der Waals surface area contributed by atoms with Crippen molar-refractivity contribution in [3.8, 4) is 0 Å². The van der Waals surface area contributed by atoms with Crippen LogP contribution in [0.25, 0.3) is 0 Å². The fourth-order valence-electron chi connectivity index (χ4n) is 8.09. The first-order chi connectivity index (χ1) is 13.2. The number of allylic oxidation sites excluding steroid dienone is 1. The van der Waals surface area contributed by atoms with Crippen LogP contribution in [0.15, 0.2) is 11.6 Å². The van der Waals surface area contributed by atoms with E-state index < -0.39 is 5.60 Å². The Balaban J connectivity index is 1.73. The highest BCUT2D eigenvalue weighted by atomic mass is 16.6. The van der Waals surface area contributed by atoms with E-state index in [2.05, 4.69) is 13.8 Å². The molecule has 0 N–H and O–H groups in total. The number of ketones is 2. The van der Waals surface area contributed by atoms with Crippen LogP contribution in [0, 0.1) is 28.6 Å². The number of hydrogen-bond acceptors (Lipinski definition) is 4. The number of esters is 1. The van der Waals surface area contributed by atoms with E-state index in [0.717, 1.165) is 44.9 Å². The van der Waals surface area contributed by atoms with Gasteiger partial charge in [-0.15, -0.1) is 0 Å². The molecule has 0 radical (unpaired) electrons. The van der Waals surface area contributed by atoms with E-state index >= 15 is 0 Å². The lowest BCUT2D eigenvalue weighted by atomic mass is 9.45. The maximum atomic E-state index is 12.9. The molecule has 0 aliphatic heterocycles. The molecule has 4 rings (SSSR count). The van der Waals surface area contributed by atoms with E-state index in [1.54, 1.807) is 6.92 Å². The Labute approximate surface area is 168 Å². The van der Waals surface area contributed by atoms with Crippen LogP contribution in [-0.2, 0) is 19.1 Å². The molecule has 0 aromatic carbocycles. The molecule has 4 heteroatoms. The van der Waals surface area contributed by atoms with Crippen LogP contribution >= 0.6 is 0 Å². The summed E-state index contributed by atoms with van der Waals surface area (Å²) in [4.78, 5) is 36.9. The van der Waals surface area contributed by atoms with E-state index in [9.17, 15) is 14.4 Å². The van der Waals surface area contributed by atoms with Gasteiger partial charge in [-0.2, -0.15) is 0 Å². The fourth-order valence-corrected chi connectivity index (χ4v) is 8.09. The van der Waals surface area contributed by atoms with Crippen molar-refractivity contribution in [2.24, 2.45) is 28.6 Å². The van der Waals surface area contributed by atoms with Gasteiger partial charge in [0.05, 0.1) is 0 Å². The molecule has 0 amide bonds. The number of ether oxygens (including phenoxy) is 1. The highest BCUT2D eigenvalue weighted by Gasteiger charge is 2.68. The molecule has 3 saturated carbocycles. The van der Waals surface area contributed by atoms with Gasteiger partial charge in [-0.25, -0.2) is 0 Å². The van der Waals surface area contributed by atoms with Gasteiger partial charge in [-0.1, -0.05) is 19.4 Å². The van der Waals surface area contributed by atoms with Gasteiger partial charge in [0.15, 0.2) is 17.2 Å². The summed E-state index contributed by atoms with van der Waals surface area (Å²) in [6, 6.07) is 0. The van der Waals surface area contributed by atoms with Crippen molar-refractivity contribution in [2.45, 2.75) is 91.1 Å². The van der Waals surface area contributed by atoms with Crippen LogP contribution in [0.2, 0.25) is 0 Å². The molecule has 28 heavy (non-hydrogen) atoms. The summed E-state index contributed by atoms with van der Waals surface area (Å²) in [5.74, 6) is 1.53. The van der Waals surface area contributed by atoms with Crippen molar-refractivity contribution in [1.82, 2.24) is 0 Å². The molecule has 3 fully saturated rings. The van der Waals surface area contributed by atoms with Crippen molar-refractivity contribution in [1.29, 1.82) is 0 Å². The molecule has 154 valence electrons.